The predicted molar refractivity (Wildman–Crippen MR) is 102 cm³/mol. The minimum atomic E-state index is 0.134. The molecule has 2 aromatic carbocycles. The molecule has 4 rings (SSSR count). The first-order valence-corrected chi connectivity index (χ1v) is 9.35. The third-order valence-electron chi connectivity index (χ3n) is 5.56. The van der Waals surface area contributed by atoms with Gasteiger partial charge < -0.3 is 10.2 Å². The third-order valence-corrected chi connectivity index (χ3v) is 5.56. The summed E-state index contributed by atoms with van der Waals surface area (Å²) in [7, 11) is 0. The number of carbonyl (C=O) groups excluding carboxylic acids is 1. The number of hydrogen-bond donors (Lipinski definition) is 1. The lowest BCUT2D eigenvalue weighted by molar-refractivity contribution is -0.123. The number of nitrogens with one attached hydrogen (secondary N) is 1. The summed E-state index contributed by atoms with van der Waals surface area (Å²) in [6.07, 6.45) is 2.81. The fraction of sp³-hybridized carbons (Fsp3) is 0.364. The largest absolute Gasteiger partial charge is 0.370 e. The van der Waals surface area contributed by atoms with E-state index in [0.717, 1.165) is 43.6 Å². The number of nitrogens with zero attached hydrogens (tertiary/aromatic N) is 2. The molecule has 2 unspecified atom stereocenters. The smallest absolute Gasteiger partial charge is 0.223 e. The molecule has 0 aromatic heterocycles. The molecule has 1 amide bonds. The molecule has 2 atom stereocenters. The van der Waals surface area contributed by atoms with Crippen LogP contribution in [-0.2, 0) is 4.79 Å². The van der Waals surface area contributed by atoms with Gasteiger partial charge in [-0.25, -0.2) is 0 Å². The van der Waals surface area contributed by atoms with Crippen molar-refractivity contribution in [1.29, 1.82) is 5.26 Å². The molecular formula is C22H23N3O. The van der Waals surface area contributed by atoms with Crippen molar-refractivity contribution in [3.8, 4) is 6.07 Å². The number of amides is 1. The maximum absolute atomic E-state index is 12.5. The lowest BCUT2D eigenvalue weighted by atomic mass is 10.0. The summed E-state index contributed by atoms with van der Waals surface area (Å²) in [6.45, 7) is 1.74. The average Bonchev–Trinajstić information content (AvgIpc) is 3.50. The molecular weight excluding hydrogens is 322 g/mol. The highest BCUT2D eigenvalue weighted by Crippen LogP contribution is 2.47. The number of nitriles is 1. The molecule has 0 radical (unpaired) electrons. The van der Waals surface area contributed by atoms with E-state index in [1.165, 1.54) is 5.56 Å². The van der Waals surface area contributed by atoms with Crippen molar-refractivity contribution in [2.75, 3.05) is 18.0 Å². The fourth-order valence-corrected chi connectivity index (χ4v) is 3.97. The van der Waals surface area contributed by atoms with Crippen molar-refractivity contribution >= 4 is 11.6 Å². The quantitative estimate of drug-likeness (QED) is 0.923. The van der Waals surface area contributed by atoms with Crippen molar-refractivity contribution < 1.29 is 4.79 Å². The highest BCUT2D eigenvalue weighted by molar-refractivity contribution is 5.83. The second-order valence-corrected chi connectivity index (χ2v) is 7.26. The van der Waals surface area contributed by atoms with E-state index in [1.54, 1.807) is 0 Å². The van der Waals surface area contributed by atoms with Crippen LogP contribution in [0.2, 0.25) is 0 Å². The van der Waals surface area contributed by atoms with E-state index >= 15 is 0 Å². The predicted octanol–water partition coefficient (Wildman–Crippen LogP) is 3.45. The first-order chi connectivity index (χ1) is 12.8. The summed E-state index contributed by atoms with van der Waals surface area (Å²) >= 11 is 0. The third kappa shape index (κ3) is 3.43. The Balaban J connectivity index is 1.29. The highest BCUT2D eigenvalue weighted by Gasteiger charge is 2.44. The Morgan fingerprint density at radius 2 is 1.73 bits per heavy atom. The number of carbonyl (C=O) groups is 1. The summed E-state index contributed by atoms with van der Waals surface area (Å²) in [5, 5.41) is 12.5. The minimum Gasteiger partial charge on any atom is -0.370 e. The zero-order chi connectivity index (χ0) is 17.9. The maximum Gasteiger partial charge on any atom is 0.223 e. The van der Waals surface area contributed by atoms with Gasteiger partial charge in [0.1, 0.15) is 6.07 Å². The number of rotatable bonds is 4. The molecule has 0 bridgehead atoms. The van der Waals surface area contributed by atoms with Gasteiger partial charge in [0.15, 0.2) is 0 Å². The van der Waals surface area contributed by atoms with Crippen LogP contribution >= 0.6 is 0 Å². The van der Waals surface area contributed by atoms with Gasteiger partial charge in [0.25, 0.3) is 0 Å². The Morgan fingerprint density at radius 3 is 2.46 bits per heavy atom. The van der Waals surface area contributed by atoms with Crippen LogP contribution < -0.4 is 10.2 Å². The van der Waals surface area contributed by atoms with E-state index in [4.69, 9.17) is 0 Å². The van der Waals surface area contributed by atoms with E-state index in [2.05, 4.69) is 28.4 Å². The lowest BCUT2D eigenvalue weighted by Gasteiger charge is -2.34. The Bertz CT molecular complexity index is 819. The maximum atomic E-state index is 12.5. The molecule has 132 valence electrons. The fourth-order valence-electron chi connectivity index (χ4n) is 3.97. The van der Waals surface area contributed by atoms with E-state index in [0.29, 0.717) is 5.92 Å². The Morgan fingerprint density at radius 1 is 1.04 bits per heavy atom. The van der Waals surface area contributed by atoms with E-state index < -0.39 is 0 Å². The number of piperidine rings is 1. The van der Waals surface area contributed by atoms with Crippen LogP contribution in [0.15, 0.2) is 54.6 Å². The molecule has 2 fully saturated rings. The lowest BCUT2D eigenvalue weighted by Crippen LogP contribution is -2.45. The van der Waals surface area contributed by atoms with Gasteiger partial charge in [-0.1, -0.05) is 42.5 Å². The Hall–Kier alpha value is -2.80. The molecule has 1 saturated heterocycles. The Kier molecular flexibility index (Phi) is 4.62. The summed E-state index contributed by atoms with van der Waals surface area (Å²) < 4.78 is 0. The van der Waals surface area contributed by atoms with E-state index in [-0.39, 0.29) is 17.9 Å². The second kappa shape index (κ2) is 7.21. The molecule has 4 heteroatoms. The molecule has 2 aromatic rings. The zero-order valence-corrected chi connectivity index (χ0v) is 14.8. The second-order valence-electron chi connectivity index (χ2n) is 7.26. The SMILES string of the molecule is N#Cc1ccccc1N1CCC(NC(=O)C2CC2c2ccccc2)CC1. The van der Waals surface area contributed by atoms with Gasteiger partial charge in [0.05, 0.1) is 11.3 Å². The average molecular weight is 345 g/mol. The zero-order valence-electron chi connectivity index (χ0n) is 14.8. The van der Waals surface area contributed by atoms with Crippen molar-refractivity contribution in [3.05, 3.63) is 65.7 Å². The van der Waals surface area contributed by atoms with Gasteiger partial charge in [-0.15, -0.1) is 0 Å². The summed E-state index contributed by atoms with van der Waals surface area (Å²) in [5.74, 6) is 0.725. The minimum absolute atomic E-state index is 0.134. The van der Waals surface area contributed by atoms with Crippen molar-refractivity contribution in [2.24, 2.45) is 5.92 Å². The van der Waals surface area contributed by atoms with Crippen LogP contribution in [0.25, 0.3) is 0 Å². The topological polar surface area (TPSA) is 56.1 Å². The molecule has 26 heavy (non-hydrogen) atoms. The van der Waals surface area contributed by atoms with Gasteiger partial charge in [-0.05, 0) is 42.9 Å². The van der Waals surface area contributed by atoms with Gasteiger partial charge in [0.2, 0.25) is 5.91 Å². The number of benzene rings is 2. The molecule has 1 aliphatic heterocycles. The molecule has 1 aliphatic carbocycles. The van der Waals surface area contributed by atoms with Crippen LogP contribution in [-0.4, -0.2) is 25.0 Å². The van der Waals surface area contributed by atoms with Gasteiger partial charge in [-0.3, -0.25) is 4.79 Å². The van der Waals surface area contributed by atoms with E-state index in [9.17, 15) is 10.1 Å². The molecule has 0 spiro atoms. The van der Waals surface area contributed by atoms with Crippen molar-refractivity contribution in [3.63, 3.8) is 0 Å². The number of hydrogen-bond acceptors (Lipinski definition) is 3. The summed E-state index contributed by atoms with van der Waals surface area (Å²) in [5.41, 5.74) is 3.00. The molecule has 4 nitrogen and oxygen atoms in total. The van der Waals surface area contributed by atoms with Crippen LogP contribution in [0.3, 0.4) is 0 Å². The molecule has 2 aliphatic rings. The van der Waals surface area contributed by atoms with Crippen LogP contribution in [0, 0.1) is 17.2 Å². The first-order valence-electron chi connectivity index (χ1n) is 9.35. The van der Waals surface area contributed by atoms with E-state index in [1.807, 2.05) is 42.5 Å². The van der Waals surface area contributed by atoms with Gasteiger partial charge in [-0.2, -0.15) is 5.26 Å². The standard InChI is InChI=1S/C22H23N3O/c23-15-17-8-4-5-9-21(17)25-12-10-18(11-13-25)24-22(26)20-14-19(20)16-6-2-1-3-7-16/h1-9,18-20H,10-14H2,(H,24,26). The monoisotopic (exact) mass is 345 g/mol. The number of para-hydroxylation sites is 1. The van der Waals surface area contributed by atoms with Gasteiger partial charge >= 0.3 is 0 Å². The van der Waals surface area contributed by atoms with Crippen molar-refractivity contribution in [1.82, 2.24) is 5.32 Å². The van der Waals surface area contributed by atoms with Crippen molar-refractivity contribution in [2.45, 2.75) is 31.2 Å². The first kappa shape index (κ1) is 16.7. The normalized spacial score (nSPS) is 22.5. The molecule has 1 saturated carbocycles. The van der Waals surface area contributed by atoms with Gasteiger partial charge in [0, 0.05) is 25.0 Å². The summed E-state index contributed by atoms with van der Waals surface area (Å²) in [6, 6.07) is 20.6. The number of anilines is 1. The van der Waals surface area contributed by atoms with Crippen LogP contribution in [0.1, 0.15) is 36.3 Å². The Labute approximate surface area is 154 Å². The molecule has 1 N–H and O–H groups in total. The van der Waals surface area contributed by atoms with Crippen LogP contribution in [0.5, 0.6) is 0 Å². The van der Waals surface area contributed by atoms with Crippen LogP contribution in [0.4, 0.5) is 5.69 Å². The highest BCUT2D eigenvalue weighted by atomic mass is 16.2. The summed E-state index contributed by atoms with van der Waals surface area (Å²) in [4.78, 5) is 14.8. The molecule has 1 heterocycles.